The molecule has 168 valence electrons. The van der Waals surface area contributed by atoms with Crippen LogP contribution in [0, 0.1) is 5.92 Å². The molecule has 0 aromatic heterocycles. The van der Waals surface area contributed by atoms with Gasteiger partial charge in [-0.15, -0.1) is 0 Å². The third kappa shape index (κ3) is 6.32. The summed E-state index contributed by atoms with van der Waals surface area (Å²) in [5.41, 5.74) is 0.307. The summed E-state index contributed by atoms with van der Waals surface area (Å²) < 4.78 is 55.2. The van der Waals surface area contributed by atoms with Gasteiger partial charge < -0.3 is 19.1 Å². The second-order valence-electron chi connectivity index (χ2n) is 7.54. The lowest BCUT2D eigenvalue weighted by Gasteiger charge is -2.31. The van der Waals surface area contributed by atoms with Gasteiger partial charge in [0.25, 0.3) is 0 Å². The SMILES string of the molecule is COc1ccc(C=CN2CCC(CCOc3ccccc3C(F)(F)F)CC2)cc1OC. The van der Waals surface area contributed by atoms with Crippen molar-refractivity contribution in [3.8, 4) is 17.2 Å². The molecule has 1 heterocycles. The third-order valence-electron chi connectivity index (χ3n) is 5.51. The van der Waals surface area contributed by atoms with Gasteiger partial charge in [0.1, 0.15) is 5.75 Å². The number of ether oxygens (including phenoxy) is 3. The van der Waals surface area contributed by atoms with Crippen LogP contribution in [0.25, 0.3) is 6.08 Å². The molecule has 0 amide bonds. The van der Waals surface area contributed by atoms with Crippen molar-refractivity contribution in [1.82, 2.24) is 4.90 Å². The van der Waals surface area contributed by atoms with Crippen LogP contribution in [0.5, 0.6) is 17.2 Å². The monoisotopic (exact) mass is 435 g/mol. The van der Waals surface area contributed by atoms with E-state index in [4.69, 9.17) is 14.2 Å². The van der Waals surface area contributed by atoms with Crippen LogP contribution in [0.15, 0.2) is 48.7 Å². The van der Waals surface area contributed by atoms with Gasteiger partial charge in [-0.2, -0.15) is 13.2 Å². The Labute approximate surface area is 181 Å². The molecule has 0 spiro atoms. The molecule has 2 aromatic carbocycles. The maximum atomic E-state index is 13.0. The molecule has 4 nitrogen and oxygen atoms in total. The average molecular weight is 435 g/mol. The summed E-state index contributed by atoms with van der Waals surface area (Å²) in [5.74, 6) is 1.74. The molecule has 0 aliphatic carbocycles. The molecule has 0 atom stereocenters. The molecular weight excluding hydrogens is 407 g/mol. The first kappa shape index (κ1) is 22.8. The van der Waals surface area contributed by atoms with Gasteiger partial charge >= 0.3 is 6.18 Å². The van der Waals surface area contributed by atoms with Crippen molar-refractivity contribution in [1.29, 1.82) is 0 Å². The number of methoxy groups -OCH3 is 2. The van der Waals surface area contributed by atoms with Crippen molar-refractivity contribution < 1.29 is 27.4 Å². The van der Waals surface area contributed by atoms with Gasteiger partial charge in [0.2, 0.25) is 0 Å². The zero-order valence-electron chi connectivity index (χ0n) is 17.8. The van der Waals surface area contributed by atoms with Crippen LogP contribution in [0.4, 0.5) is 13.2 Å². The molecule has 31 heavy (non-hydrogen) atoms. The van der Waals surface area contributed by atoms with Crippen LogP contribution in [-0.4, -0.2) is 38.8 Å². The van der Waals surface area contributed by atoms with Gasteiger partial charge in [0, 0.05) is 13.1 Å². The van der Waals surface area contributed by atoms with Crippen LogP contribution in [-0.2, 0) is 6.18 Å². The predicted molar refractivity (Wildman–Crippen MR) is 114 cm³/mol. The molecule has 7 heteroatoms. The van der Waals surface area contributed by atoms with E-state index in [0.29, 0.717) is 24.0 Å². The van der Waals surface area contributed by atoms with Crippen LogP contribution < -0.4 is 14.2 Å². The van der Waals surface area contributed by atoms with E-state index in [9.17, 15) is 13.2 Å². The van der Waals surface area contributed by atoms with Crippen molar-refractivity contribution in [3.05, 3.63) is 59.8 Å². The van der Waals surface area contributed by atoms with Crippen molar-refractivity contribution in [2.75, 3.05) is 33.9 Å². The Balaban J connectivity index is 1.45. The van der Waals surface area contributed by atoms with E-state index >= 15 is 0 Å². The molecule has 1 aliphatic rings. The fourth-order valence-electron chi connectivity index (χ4n) is 3.70. The first-order valence-electron chi connectivity index (χ1n) is 10.3. The Kier molecular flexibility index (Phi) is 7.71. The van der Waals surface area contributed by atoms with Gasteiger partial charge in [-0.25, -0.2) is 0 Å². The van der Waals surface area contributed by atoms with Crippen molar-refractivity contribution in [3.63, 3.8) is 0 Å². The largest absolute Gasteiger partial charge is 0.493 e. The summed E-state index contributed by atoms with van der Waals surface area (Å²) in [6.45, 7) is 2.11. The highest BCUT2D eigenvalue weighted by atomic mass is 19.4. The maximum Gasteiger partial charge on any atom is 0.419 e. The van der Waals surface area contributed by atoms with E-state index in [0.717, 1.165) is 44.0 Å². The van der Waals surface area contributed by atoms with Crippen molar-refractivity contribution in [2.45, 2.75) is 25.4 Å². The number of para-hydroxylation sites is 1. The second-order valence-corrected chi connectivity index (χ2v) is 7.54. The lowest BCUT2D eigenvalue weighted by molar-refractivity contribution is -0.139. The Hall–Kier alpha value is -2.83. The summed E-state index contributed by atoms with van der Waals surface area (Å²) in [5, 5.41) is 0. The number of rotatable bonds is 8. The minimum atomic E-state index is -4.40. The van der Waals surface area contributed by atoms with E-state index in [2.05, 4.69) is 11.1 Å². The number of likely N-dealkylation sites (tertiary alicyclic amines) is 1. The summed E-state index contributed by atoms with van der Waals surface area (Å²) in [7, 11) is 3.22. The highest BCUT2D eigenvalue weighted by Gasteiger charge is 2.34. The first-order valence-corrected chi connectivity index (χ1v) is 10.3. The number of halogens is 3. The molecule has 1 aliphatic heterocycles. The lowest BCUT2D eigenvalue weighted by Crippen LogP contribution is -2.30. The topological polar surface area (TPSA) is 30.9 Å². The summed E-state index contributed by atoms with van der Waals surface area (Å²) >= 11 is 0. The molecule has 1 saturated heterocycles. The molecular formula is C24H28F3NO3. The molecule has 0 radical (unpaired) electrons. The number of alkyl halides is 3. The average Bonchev–Trinajstić information content (AvgIpc) is 2.78. The smallest absolute Gasteiger partial charge is 0.419 e. The quantitative estimate of drug-likeness (QED) is 0.519. The van der Waals surface area contributed by atoms with E-state index < -0.39 is 11.7 Å². The summed E-state index contributed by atoms with van der Waals surface area (Å²) in [6.07, 6.45) is 2.44. The fraction of sp³-hybridized carbons (Fsp3) is 0.417. The van der Waals surface area contributed by atoms with E-state index in [-0.39, 0.29) is 5.75 Å². The standard InChI is InChI=1S/C24H28F3NO3/c1-29-22-8-7-19(17-23(22)30-2)11-15-28-13-9-18(10-14-28)12-16-31-21-6-4-3-5-20(21)24(25,26)27/h3-8,11,15,17-18H,9-10,12-14,16H2,1-2H3. The van der Waals surface area contributed by atoms with Gasteiger partial charge in [0.05, 0.1) is 26.4 Å². The molecule has 0 N–H and O–H groups in total. The van der Waals surface area contributed by atoms with Gasteiger partial charge in [0.15, 0.2) is 11.5 Å². The van der Waals surface area contributed by atoms with Gasteiger partial charge in [-0.05, 0) is 67.3 Å². The van der Waals surface area contributed by atoms with Crippen molar-refractivity contribution >= 4 is 6.08 Å². The number of nitrogens with zero attached hydrogens (tertiary/aromatic N) is 1. The van der Waals surface area contributed by atoms with E-state index in [1.165, 1.54) is 12.1 Å². The number of hydrogen-bond donors (Lipinski definition) is 0. The Bertz CT molecular complexity index is 875. The Morgan fingerprint density at radius 1 is 0.968 bits per heavy atom. The zero-order chi connectivity index (χ0) is 22.3. The first-order chi connectivity index (χ1) is 14.9. The zero-order valence-corrected chi connectivity index (χ0v) is 17.8. The van der Waals surface area contributed by atoms with Crippen LogP contribution in [0.1, 0.15) is 30.4 Å². The number of piperidine rings is 1. The lowest BCUT2D eigenvalue weighted by atomic mass is 9.94. The molecule has 0 bridgehead atoms. The third-order valence-corrected chi connectivity index (χ3v) is 5.51. The van der Waals surface area contributed by atoms with E-state index in [1.54, 1.807) is 20.3 Å². The highest BCUT2D eigenvalue weighted by molar-refractivity contribution is 5.55. The molecule has 3 rings (SSSR count). The molecule has 1 fully saturated rings. The minimum absolute atomic E-state index is 0.0923. The van der Waals surface area contributed by atoms with Gasteiger partial charge in [-0.1, -0.05) is 18.2 Å². The molecule has 2 aromatic rings. The Morgan fingerprint density at radius 3 is 2.35 bits per heavy atom. The fourth-order valence-corrected chi connectivity index (χ4v) is 3.70. The molecule has 0 unspecified atom stereocenters. The van der Waals surface area contributed by atoms with Gasteiger partial charge in [-0.3, -0.25) is 0 Å². The summed E-state index contributed by atoms with van der Waals surface area (Å²) in [6, 6.07) is 11.2. The number of benzene rings is 2. The summed E-state index contributed by atoms with van der Waals surface area (Å²) in [4.78, 5) is 2.26. The van der Waals surface area contributed by atoms with Crippen LogP contribution in [0.3, 0.4) is 0 Å². The molecule has 0 saturated carbocycles. The minimum Gasteiger partial charge on any atom is -0.493 e. The van der Waals surface area contributed by atoms with E-state index in [1.807, 2.05) is 24.3 Å². The van der Waals surface area contributed by atoms with Crippen LogP contribution in [0.2, 0.25) is 0 Å². The number of hydrogen-bond acceptors (Lipinski definition) is 4. The Morgan fingerprint density at radius 2 is 1.68 bits per heavy atom. The maximum absolute atomic E-state index is 13.0. The van der Waals surface area contributed by atoms with Crippen LogP contribution >= 0.6 is 0 Å². The van der Waals surface area contributed by atoms with Crippen molar-refractivity contribution in [2.24, 2.45) is 5.92 Å². The predicted octanol–water partition coefficient (Wildman–Crippen LogP) is 5.87. The highest BCUT2D eigenvalue weighted by Crippen LogP contribution is 2.36. The second kappa shape index (κ2) is 10.5. The normalized spacial score (nSPS) is 15.3.